The number of aryl methyl sites for hydroxylation is 1. The minimum Gasteiger partial charge on any atom is -0.508 e. The number of fused-ring (bicyclic) bond motifs is 1. The van der Waals surface area contributed by atoms with Gasteiger partial charge in [0.1, 0.15) is 5.75 Å². The summed E-state index contributed by atoms with van der Waals surface area (Å²) >= 11 is 0. The van der Waals surface area contributed by atoms with Crippen LogP contribution in [0.4, 0.5) is 0 Å². The third-order valence-electron chi connectivity index (χ3n) is 4.66. The lowest BCUT2D eigenvalue weighted by atomic mass is 9.87. The number of hydrogen-bond acceptors (Lipinski definition) is 3. The van der Waals surface area contributed by atoms with E-state index in [1.54, 1.807) is 0 Å². The van der Waals surface area contributed by atoms with Gasteiger partial charge in [0.25, 0.3) is 0 Å². The maximum Gasteiger partial charge on any atom is 0.115 e. The van der Waals surface area contributed by atoms with Gasteiger partial charge in [0.2, 0.25) is 0 Å². The maximum atomic E-state index is 9.73. The van der Waals surface area contributed by atoms with Crippen LogP contribution in [0.15, 0.2) is 18.2 Å². The molecule has 1 heterocycles. The molecular weight excluding hydrogens is 248 g/mol. The molecule has 1 aromatic carbocycles. The van der Waals surface area contributed by atoms with Crippen molar-refractivity contribution < 1.29 is 5.11 Å². The average molecular weight is 274 g/mol. The van der Waals surface area contributed by atoms with Crippen molar-refractivity contribution in [2.45, 2.75) is 51.1 Å². The highest BCUT2D eigenvalue weighted by Gasteiger charge is 2.23. The van der Waals surface area contributed by atoms with E-state index in [2.05, 4.69) is 23.2 Å². The average Bonchev–Trinajstić information content (AvgIpc) is 2.92. The Morgan fingerprint density at radius 1 is 1.30 bits per heavy atom. The molecule has 2 unspecified atom stereocenters. The number of rotatable bonds is 4. The zero-order valence-corrected chi connectivity index (χ0v) is 12.4. The van der Waals surface area contributed by atoms with Crippen molar-refractivity contribution in [2.75, 3.05) is 19.6 Å². The van der Waals surface area contributed by atoms with Gasteiger partial charge in [-0.2, -0.15) is 0 Å². The van der Waals surface area contributed by atoms with Gasteiger partial charge in [0.15, 0.2) is 0 Å². The molecule has 0 amide bonds. The Labute approximate surface area is 122 Å². The topological polar surface area (TPSA) is 35.5 Å². The lowest BCUT2D eigenvalue weighted by Crippen LogP contribution is -2.40. The number of benzene rings is 1. The number of phenols is 1. The largest absolute Gasteiger partial charge is 0.508 e. The number of aromatic hydroxyl groups is 1. The Morgan fingerprint density at radius 3 is 2.90 bits per heavy atom. The van der Waals surface area contributed by atoms with Crippen molar-refractivity contribution in [1.82, 2.24) is 10.2 Å². The van der Waals surface area contributed by atoms with Crippen LogP contribution in [-0.2, 0) is 6.42 Å². The highest BCUT2D eigenvalue weighted by molar-refractivity contribution is 5.38. The summed E-state index contributed by atoms with van der Waals surface area (Å²) in [6.45, 7) is 5.95. The van der Waals surface area contributed by atoms with Gasteiger partial charge < -0.3 is 15.3 Å². The van der Waals surface area contributed by atoms with Crippen LogP contribution in [0.25, 0.3) is 0 Å². The molecule has 20 heavy (non-hydrogen) atoms. The zero-order chi connectivity index (χ0) is 13.9. The summed E-state index contributed by atoms with van der Waals surface area (Å²) in [4.78, 5) is 2.56. The molecular formula is C17H26N2O. The molecule has 0 radical (unpaired) electrons. The summed E-state index contributed by atoms with van der Waals surface area (Å²) in [5.74, 6) is 0.393. The van der Waals surface area contributed by atoms with E-state index in [4.69, 9.17) is 0 Å². The van der Waals surface area contributed by atoms with E-state index in [-0.39, 0.29) is 0 Å². The molecule has 1 saturated heterocycles. The molecule has 110 valence electrons. The van der Waals surface area contributed by atoms with Crippen molar-refractivity contribution in [3.8, 4) is 5.75 Å². The Hall–Kier alpha value is -1.06. The monoisotopic (exact) mass is 274 g/mol. The highest BCUT2D eigenvalue weighted by atomic mass is 16.3. The lowest BCUT2D eigenvalue weighted by molar-refractivity contribution is 0.279. The first-order valence-electron chi connectivity index (χ1n) is 8.02. The molecule has 2 aliphatic rings. The van der Waals surface area contributed by atoms with Crippen LogP contribution in [-0.4, -0.2) is 35.7 Å². The van der Waals surface area contributed by atoms with Crippen LogP contribution in [0, 0.1) is 0 Å². The SMILES string of the molecule is CC(CN1CCCC1)NC1CCCc2ccc(O)cc21. The number of phenolic OH excluding ortho intramolecular Hbond substituents is 1. The normalized spacial score (nSPS) is 24.6. The minimum atomic E-state index is 0.393. The summed E-state index contributed by atoms with van der Waals surface area (Å²) in [5.41, 5.74) is 2.71. The molecule has 3 nitrogen and oxygen atoms in total. The standard InChI is InChI=1S/C17H26N2O/c1-13(12-19-9-2-3-10-19)18-17-6-4-5-14-7-8-15(20)11-16(14)17/h7-8,11,13,17-18,20H,2-6,9-10,12H2,1H3. The van der Waals surface area contributed by atoms with Crippen LogP contribution in [0.2, 0.25) is 0 Å². The maximum absolute atomic E-state index is 9.73. The molecule has 0 saturated carbocycles. The second kappa shape index (κ2) is 6.15. The Kier molecular flexibility index (Phi) is 4.27. The molecule has 1 aliphatic carbocycles. The van der Waals surface area contributed by atoms with E-state index in [1.165, 1.54) is 49.9 Å². The third-order valence-corrected chi connectivity index (χ3v) is 4.66. The summed E-state index contributed by atoms with van der Waals surface area (Å²) < 4.78 is 0. The summed E-state index contributed by atoms with van der Waals surface area (Å²) in [5, 5.41) is 13.5. The molecule has 0 bridgehead atoms. The summed E-state index contributed by atoms with van der Waals surface area (Å²) in [7, 11) is 0. The number of hydrogen-bond donors (Lipinski definition) is 2. The van der Waals surface area contributed by atoms with E-state index >= 15 is 0 Å². The van der Waals surface area contributed by atoms with Crippen LogP contribution < -0.4 is 5.32 Å². The Morgan fingerprint density at radius 2 is 2.10 bits per heavy atom. The van der Waals surface area contributed by atoms with Gasteiger partial charge in [-0.05, 0) is 75.4 Å². The third kappa shape index (κ3) is 3.15. The number of nitrogens with one attached hydrogen (secondary N) is 1. The molecule has 3 rings (SSSR count). The van der Waals surface area contributed by atoms with E-state index in [1.807, 2.05) is 12.1 Å². The van der Waals surface area contributed by atoms with Crippen LogP contribution in [0.1, 0.15) is 49.8 Å². The Balaban J connectivity index is 1.64. The predicted octanol–water partition coefficient (Wildman–Crippen LogP) is 2.84. The number of nitrogens with zero attached hydrogens (tertiary/aromatic N) is 1. The van der Waals surface area contributed by atoms with E-state index in [0.717, 1.165) is 13.0 Å². The lowest BCUT2D eigenvalue weighted by Gasteiger charge is -2.31. The van der Waals surface area contributed by atoms with Gasteiger partial charge in [-0.15, -0.1) is 0 Å². The first kappa shape index (κ1) is 13.9. The van der Waals surface area contributed by atoms with Gasteiger partial charge in [0.05, 0.1) is 0 Å². The van der Waals surface area contributed by atoms with Gasteiger partial charge in [-0.1, -0.05) is 6.07 Å². The molecule has 1 fully saturated rings. The van der Waals surface area contributed by atoms with E-state index in [0.29, 0.717) is 17.8 Å². The highest BCUT2D eigenvalue weighted by Crippen LogP contribution is 2.32. The first-order chi connectivity index (χ1) is 9.72. The van der Waals surface area contributed by atoms with Gasteiger partial charge in [-0.3, -0.25) is 0 Å². The second-order valence-corrected chi connectivity index (χ2v) is 6.40. The fourth-order valence-electron chi connectivity index (χ4n) is 3.71. The van der Waals surface area contributed by atoms with Crippen LogP contribution in [0.5, 0.6) is 5.75 Å². The number of likely N-dealkylation sites (tertiary alicyclic amines) is 1. The van der Waals surface area contributed by atoms with Crippen molar-refractivity contribution in [3.05, 3.63) is 29.3 Å². The smallest absolute Gasteiger partial charge is 0.115 e. The fraction of sp³-hybridized carbons (Fsp3) is 0.647. The van der Waals surface area contributed by atoms with Crippen LogP contribution >= 0.6 is 0 Å². The molecule has 1 aliphatic heterocycles. The summed E-state index contributed by atoms with van der Waals surface area (Å²) in [6.07, 6.45) is 6.28. The molecule has 0 spiro atoms. The van der Waals surface area contributed by atoms with Gasteiger partial charge >= 0.3 is 0 Å². The van der Waals surface area contributed by atoms with Crippen molar-refractivity contribution in [1.29, 1.82) is 0 Å². The van der Waals surface area contributed by atoms with Crippen LogP contribution in [0.3, 0.4) is 0 Å². The van der Waals surface area contributed by atoms with Crippen molar-refractivity contribution >= 4 is 0 Å². The van der Waals surface area contributed by atoms with E-state index in [9.17, 15) is 5.11 Å². The zero-order valence-electron chi connectivity index (χ0n) is 12.4. The van der Waals surface area contributed by atoms with Crippen molar-refractivity contribution in [2.24, 2.45) is 0 Å². The molecule has 2 atom stereocenters. The molecule has 2 N–H and O–H groups in total. The summed E-state index contributed by atoms with van der Waals surface area (Å²) in [6, 6.07) is 6.77. The van der Waals surface area contributed by atoms with E-state index < -0.39 is 0 Å². The van der Waals surface area contributed by atoms with Crippen molar-refractivity contribution in [3.63, 3.8) is 0 Å². The second-order valence-electron chi connectivity index (χ2n) is 6.40. The quantitative estimate of drug-likeness (QED) is 0.886. The van der Waals surface area contributed by atoms with Gasteiger partial charge in [0, 0.05) is 18.6 Å². The van der Waals surface area contributed by atoms with Gasteiger partial charge in [-0.25, -0.2) is 0 Å². The first-order valence-corrected chi connectivity index (χ1v) is 8.02. The minimum absolute atomic E-state index is 0.393. The molecule has 0 aromatic heterocycles. The predicted molar refractivity (Wildman–Crippen MR) is 82.1 cm³/mol. The molecule has 1 aromatic rings. The Bertz CT molecular complexity index is 454. The fourth-order valence-corrected chi connectivity index (χ4v) is 3.71. The molecule has 3 heteroatoms.